The number of aromatic nitrogens is 1. The second-order valence-corrected chi connectivity index (χ2v) is 8.27. The van der Waals surface area contributed by atoms with Crippen LogP contribution < -0.4 is 14.4 Å². The normalized spacial score (nSPS) is 12.5. The number of hydrogen-bond acceptors (Lipinski definition) is 6. The van der Waals surface area contributed by atoms with Crippen LogP contribution in [0.15, 0.2) is 33.7 Å². The highest BCUT2D eigenvalue weighted by Gasteiger charge is 2.33. The van der Waals surface area contributed by atoms with Gasteiger partial charge in [0.25, 0.3) is 10.0 Å². The van der Waals surface area contributed by atoms with Gasteiger partial charge >= 0.3 is 0 Å². The second kappa shape index (κ2) is 9.09. The van der Waals surface area contributed by atoms with Gasteiger partial charge in [-0.1, -0.05) is 12.1 Å². The third kappa shape index (κ3) is 4.83. The Balaban J connectivity index is 2.45. The van der Waals surface area contributed by atoms with Crippen LogP contribution in [0.25, 0.3) is 0 Å². The Kier molecular flexibility index (Phi) is 7.06. The van der Waals surface area contributed by atoms with Crippen LogP contribution in [0.2, 0.25) is 0 Å². The molecule has 1 N–H and O–H groups in total. The summed E-state index contributed by atoms with van der Waals surface area (Å²) in [6.07, 6.45) is 0.741. The SMILES string of the molecule is CCOc1ccc(N(CC(=O)NC(C)CC)S(=O)(=O)c2c(C)noc2C)cc1. The molecular formula is C19H27N3O5S. The van der Waals surface area contributed by atoms with Crippen LogP contribution in [0.3, 0.4) is 0 Å². The zero-order valence-electron chi connectivity index (χ0n) is 16.9. The van der Waals surface area contributed by atoms with Crippen LogP contribution >= 0.6 is 0 Å². The molecule has 0 fully saturated rings. The first kappa shape index (κ1) is 21.7. The molecule has 8 nitrogen and oxygen atoms in total. The van der Waals surface area contributed by atoms with E-state index in [1.54, 1.807) is 31.2 Å². The maximum Gasteiger partial charge on any atom is 0.270 e. The molecule has 0 aliphatic heterocycles. The first-order valence-electron chi connectivity index (χ1n) is 9.18. The molecule has 0 saturated carbocycles. The van der Waals surface area contributed by atoms with E-state index in [1.165, 1.54) is 6.92 Å². The summed E-state index contributed by atoms with van der Waals surface area (Å²) in [7, 11) is -4.06. The van der Waals surface area contributed by atoms with Crippen LogP contribution in [0.5, 0.6) is 5.75 Å². The molecule has 0 spiro atoms. The number of amides is 1. The summed E-state index contributed by atoms with van der Waals surface area (Å²) in [6.45, 7) is 8.89. The molecular weight excluding hydrogens is 382 g/mol. The van der Waals surface area contributed by atoms with Crippen molar-refractivity contribution in [3.63, 3.8) is 0 Å². The molecule has 0 saturated heterocycles. The average Bonchev–Trinajstić information content (AvgIpc) is 2.99. The van der Waals surface area contributed by atoms with Crippen molar-refractivity contribution in [2.24, 2.45) is 0 Å². The van der Waals surface area contributed by atoms with Gasteiger partial charge in [0.15, 0.2) is 10.7 Å². The first-order chi connectivity index (χ1) is 13.2. The minimum Gasteiger partial charge on any atom is -0.494 e. The number of carbonyl (C=O) groups excluding carboxylic acids is 1. The summed E-state index contributed by atoms with van der Waals surface area (Å²) in [5.74, 6) is 0.402. The number of rotatable bonds is 9. The summed E-state index contributed by atoms with van der Waals surface area (Å²) in [4.78, 5) is 12.4. The molecule has 1 aromatic heterocycles. The number of hydrogen-bond donors (Lipinski definition) is 1. The number of carbonyl (C=O) groups is 1. The van der Waals surface area contributed by atoms with Crippen LogP contribution in [-0.2, 0) is 14.8 Å². The fourth-order valence-corrected chi connectivity index (χ4v) is 4.41. The number of anilines is 1. The van der Waals surface area contributed by atoms with Crippen LogP contribution in [0, 0.1) is 13.8 Å². The van der Waals surface area contributed by atoms with Gasteiger partial charge < -0.3 is 14.6 Å². The van der Waals surface area contributed by atoms with E-state index in [0.717, 1.165) is 10.7 Å². The molecule has 0 radical (unpaired) electrons. The van der Waals surface area contributed by atoms with E-state index in [2.05, 4.69) is 10.5 Å². The summed E-state index contributed by atoms with van der Waals surface area (Å²) >= 11 is 0. The Bertz CT molecular complexity index is 887. The monoisotopic (exact) mass is 409 g/mol. The second-order valence-electron chi connectivity index (χ2n) is 6.47. The summed E-state index contributed by atoms with van der Waals surface area (Å²) in [5.41, 5.74) is 0.596. The van der Waals surface area contributed by atoms with Crippen molar-refractivity contribution in [3.8, 4) is 5.75 Å². The summed E-state index contributed by atoms with van der Waals surface area (Å²) in [6, 6.07) is 6.49. The Morgan fingerprint density at radius 1 is 1.25 bits per heavy atom. The predicted octanol–water partition coefficient (Wildman–Crippen LogP) is 2.80. The molecule has 1 atom stereocenters. The Hall–Kier alpha value is -2.55. The van der Waals surface area contributed by atoms with E-state index in [0.29, 0.717) is 18.0 Å². The predicted molar refractivity (Wildman–Crippen MR) is 106 cm³/mol. The quantitative estimate of drug-likeness (QED) is 0.683. The van der Waals surface area contributed by atoms with Gasteiger partial charge in [0.1, 0.15) is 18.0 Å². The molecule has 2 rings (SSSR count). The lowest BCUT2D eigenvalue weighted by atomic mass is 10.2. The Morgan fingerprint density at radius 3 is 2.39 bits per heavy atom. The van der Waals surface area contributed by atoms with Crippen molar-refractivity contribution < 1.29 is 22.5 Å². The Morgan fingerprint density at radius 2 is 1.89 bits per heavy atom. The standard InChI is InChI=1S/C19H27N3O5S/c1-6-13(3)20-18(23)12-22(16-8-10-17(11-9-16)26-7-2)28(24,25)19-14(4)21-27-15(19)5/h8-11,13H,6-7,12H2,1-5H3,(H,20,23). The third-order valence-corrected chi connectivity index (χ3v) is 6.28. The van der Waals surface area contributed by atoms with E-state index in [-0.39, 0.29) is 28.9 Å². The fraction of sp³-hybridized carbons (Fsp3) is 0.474. The molecule has 1 heterocycles. The number of nitrogens with one attached hydrogen (secondary N) is 1. The third-order valence-electron chi connectivity index (χ3n) is 4.26. The first-order valence-corrected chi connectivity index (χ1v) is 10.6. The van der Waals surface area contributed by atoms with Crippen molar-refractivity contribution in [2.45, 2.75) is 52.0 Å². The van der Waals surface area contributed by atoms with Gasteiger partial charge in [-0.15, -0.1) is 0 Å². The average molecular weight is 410 g/mol. The van der Waals surface area contributed by atoms with Gasteiger partial charge in [-0.05, 0) is 58.4 Å². The van der Waals surface area contributed by atoms with E-state index < -0.39 is 15.9 Å². The van der Waals surface area contributed by atoms with Crippen molar-refractivity contribution in [2.75, 3.05) is 17.5 Å². The number of aryl methyl sites for hydroxylation is 2. The number of benzene rings is 1. The van der Waals surface area contributed by atoms with E-state index >= 15 is 0 Å². The van der Waals surface area contributed by atoms with Gasteiger partial charge in [0.2, 0.25) is 5.91 Å². The lowest BCUT2D eigenvalue weighted by molar-refractivity contribution is -0.120. The van der Waals surface area contributed by atoms with Crippen molar-refractivity contribution in [1.82, 2.24) is 10.5 Å². The molecule has 28 heavy (non-hydrogen) atoms. The minimum absolute atomic E-state index is 0.0299. The molecule has 0 aliphatic carbocycles. The number of sulfonamides is 1. The smallest absolute Gasteiger partial charge is 0.270 e. The maximum absolute atomic E-state index is 13.4. The van der Waals surface area contributed by atoms with Gasteiger partial charge in [-0.2, -0.15) is 0 Å². The molecule has 1 amide bonds. The molecule has 1 unspecified atom stereocenters. The lowest BCUT2D eigenvalue weighted by Gasteiger charge is -2.25. The molecule has 0 bridgehead atoms. The Labute approximate surface area is 165 Å². The number of nitrogens with zero attached hydrogens (tertiary/aromatic N) is 2. The van der Waals surface area contributed by atoms with Gasteiger partial charge in [-0.3, -0.25) is 9.10 Å². The van der Waals surface area contributed by atoms with Crippen molar-refractivity contribution >= 4 is 21.6 Å². The molecule has 1 aromatic carbocycles. The fourth-order valence-electron chi connectivity index (χ4n) is 2.70. The highest BCUT2D eigenvalue weighted by molar-refractivity contribution is 7.93. The summed E-state index contributed by atoms with van der Waals surface area (Å²) in [5, 5.41) is 6.54. The number of ether oxygens (including phenoxy) is 1. The van der Waals surface area contributed by atoms with E-state index in [9.17, 15) is 13.2 Å². The van der Waals surface area contributed by atoms with Gasteiger partial charge in [0.05, 0.1) is 12.3 Å². The highest BCUT2D eigenvalue weighted by atomic mass is 32.2. The highest BCUT2D eigenvalue weighted by Crippen LogP contribution is 2.29. The van der Waals surface area contributed by atoms with Crippen LogP contribution in [0.1, 0.15) is 38.6 Å². The zero-order chi connectivity index (χ0) is 20.9. The van der Waals surface area contributed by atoms with E-state index in [1.807, 2.05) is 20.8 Å². The topological polar surface area (TPSA) is 102 Å². The molecule has 2 aromatic rings. The van der Waals surface area contributed by atoms with Crippen LogP contribution in [0.4, 0.5) is 5.69 Å². The van der Waals surface area contributed by atoms with Crippen molar-refractivity contribution in [3.05, 3.63) is 35.7 Å². The van der Waals surface area contributed by atoms with Gasteiger partial charge in [0, 0.05) is 6.04 Å². The largest absolute Gasteiger partial charge is 0.494 e. The minimum atomic E-state index is -4.06. The van der Waals surface area contributed by atoms with Crippen molar-refractivity contribution in [1.29, 1.82) is 0 Å². The van der Waals surface area contributed by atoms with Crippen LogP contribution in [-0.4, -0.2) is 38.7 Å². The molecule has 154 valence electrons. The zero-order valence-corrected chi connectivity index (χ0v) is 17.7. The van der Waals surface area contributed by atoms with E-state index in [4.69, 9.17) is 9.26 Å². The molecule has 9 heteroatoms. The van der Waals surface area contributed by atoms with Gasteiger partial charge in [-0.25, -0.2) is 8.42 Å². The summed E-state index contributed by atoms with van der Waals surface area (Å²) < 4.78 is 38.2. The maximum atomic E-state index is 13.4. The lowest BCUT2D eigenvalue weighted by Crippen LogP contribution is -2.43. The molecule has 0 aliphatic rings.